The first-order chi connectivity index (χ1) is 14.7. The maximum Gasteiger partial charge on any atom is 0.238 e. The molecule has 1 amide bonds. The highest BCUT2D eigenvalue weighted by atomic mass is 16.5. The molecule has 1 saturated heterocycles. The molecule has 1 fully saturated rings. The Balaban J connectivity index is 1.32. The van der Waals surface area contributed by atoms with Crippen LogP contribution in [0, 0.1) is 6.92 Å². The molecule has 3 aromatic carbocycles. The standard InChI is InChI=1S/C25H27N3O2/c1-20-9-5-7-13-23(20)28-17-15-27(16-18-28)19-25(29)26-22-12-6-8-14-24(22)30-21-10-3-2-4-11-21/h2-14H,15-19H2,1H3,(H,26,29). The Morgan fingerprint density at radius 2 is 1.53 bits per heavy atom. The van der Waals surface area contributed by atoms with Gasteiger partial charge >= 0.3 is 0 Å². The van der Waals surface area contributed by atoms with Crippen LogP contribution in [0.4, 0.5) is 11.4 Å². The van der Waals surface area contributed by atoms with E-state index in [1.165, 1.54) is 11.3 Å². The molecule has 3 aromatic rings. The molecule has 0 atom stereocenters. The number of ether oxygens (including phenoxy) is 1. The van der Waals surface area contributed by atoms with Gasteiger partial charge in [0.05, 0.1) is 12.2 Å². The summed E-state index contributed by atoms with van der Waals surface area (Å²) in [6, 6.07) is 25.6. The number of carbonyl (C=O) groups excluding carboxylic acids is 1. The lowest BCUT2D eigenvalue weighted by Gasteiger charge is -2.36. The molecule has 0 radical (unpaired) electrons. The number of carbonyl (C=O) groups is 1. The van der Waals surface area contributed by atoms with Crippen molar-refractivity contribution < 1.29 is 9.53 Å². The maximum atomic E-state index is 12.7. The largest absolute Gasteiger partial charge is 0.455 e. The van der Waals surface area contributed by atoms with E-state index >= 15 is 0 Å². The quantitative estimate of drug-likeness (QED) is 0.658. The molecule has 0 spiro atoms. The zero-order valence-corrected chi connectivity index (χ0v) is 17.3. The topological polar surface area (TPSA) is 44.8 Å². The van der Waals surface area contributed by atoms with Crippen molar-refractivity contribution in [2.45, 2.75) is 6.92 Å². The summed E-state index contributed by atoms with van der Waals surface area (Å²) in [6.07, 6.45) is 0. The maximum absolute atomic E-state index is 12.7. The average molecular weight is 402 g/mol. The highest BCUT2D eigenvalue weighted by Crippen LogP contribution is 2.29. The molecule has 5 nitrogen and oxygen atoms in total. The molecule has 0 unspecified atom stereocenters. The van der Waals surface area contributed by atoms with Crippen molar-refractivity contribution in [1.82, 2.24) is 4.90 Å². The van der Waals surface area contributed by atoms with E-state index < -0.39 is 0 Å². The van der Waals surface area contributed by atoms with E-state index in [4.69, 9.17) is 4.74 Å². The normalized spacial score (nSPS) is 14.4. The third-order valence-corrected chi connectivity index (χ3v) is 5.33. The van der Waals surface area contributed by atoms with Gasteiger partial charge in [-0.1, -0.05) is 48.5 Å². The van der Waals surface area contributed by atoms with Crippen molar-refractivity contribution in [2.24, 2.45) is 0 Å². The fraction of sp³-hybridized carbons (Fsp3) is 0.240. The Hall–Kier alpha value is -3.31. The van der Waals surface area contributed by atoms with Gasteiger partial charge in [0, 0.05) is 31.9 Å². The number of para-hydroxylation sites is 4. The van der Waals surface area contributed by atoms with E-state index in [9.17, 15) is 4.79 Å². The smallest absolute Gasteiger partial charge is 0.238 e. The molecule has 1 aliphatic rings. The molecule has 0 saturated carbocycles. The monoisotopic (exact) mass is 401 g/mol. The number of nitrogens with one attached hydrogen (secondary N) is 1. The number of amides is 1. The number of nitrogens with zero attached hydrogens (tertiary/aromatic N) is 2. The van der Waals surface area contributed by atoms with Crippen molar-refractivity contribution in [1.29, 1.82) is 0 Å². The molecule has 0 aromatic heterocycles. The zero-order chi connectivity index (χ0) is 20.8. The minimum atomic E-state index is -0.0246. The minimum Gasteiger partial charge on any atom is -0.455 e. The van der Waals surface area contributed by atoms with E-state index in [2.05, 4.69) is 46.3 Å². The molecule has 30 heavy (non-hydrogen) atoms. The summed E-state index contributed by atoms with van der Waals surface area (Å²) in [5.41, 5.74) is 3.26. The predicted molar refractivity (Wildman–Crippen MR) is 121 cm³/mol. The van der Waals surface area contributed by atoms with Gasteiger partial charge in [-0.2, -0.15) is 0 Å². The number of aryl methyl sites for hydroxylation is 1. The first-order valence-corrected chi connectivity index (χ1v) is 10.3. The van der Waals surface area contributed by atoms with E-state index in [0.717, 1.165) is 31.9 Å². The van der Waals surface area contributed by atoms with E-state index in [-0.39, 0.29) is 5.91 Å². The van der Waals surface area contributed by atoms with E-state index in [0.29, 0.717) is 18.0 Å². The predicted octanol–water partition coefficient (Wildman–Crippen LogP) is 4.55. The van der Waals surface area contributed by atoms with Crippen molar-refractivity contribution in [3.63, 3.8) is 0 Å². The van der Waals surface area contributed by atoms with Crippen LogP contribution in [-0.2, 0) is 4.79 Å². The summed E-state index contributed by atoms with van der Waals surface area (Å²) < 4.78 is 5.94. The lowest BCUT2D eigenvalue weighted by Crippen LogP contribution is -2.48. The Morgan fingerprint density at radius 1 is 0.867 bits per heavy atom. The highest BCUT2D eigenvalue weighted by Gasteiger charge is 2.20. The molecule has 0 bridgehead atoms. The molecular weight excluding hydrogens is 374 g/mol. The van der Waals surface area contributed by atoms with Crippen LogP contribution in [0.3, 0.4) is 0 Å². The molecule has 1 heterocycles. The summed E-state index contributed by atoms with van der Waals surface area (Å²) in [5, 5.41) is 3.01. The molecule has 5 heteroatoms. The average Bonchev–Trinajstić information content (AvgIpc) is 2.77. The Labute approximate surface area is 177 Å². The Bertz CT molecular complexity index is 982. The fourth-order valence-corrected chi connectivity index (χ4v) is 3.73. The van der Waals surface area contributed by atoms with Gasteiger partial charge in [-0.15, -0.1) is 0 Å². The molecule has 0 aliphatic carbocycles. The number of piperazine rings is 1. The van der Waals surface area contributed by atoms with Gasteiger partial charge in [-0.05, 0) is 42.8 Å². The number of hydrogen-bond donors (Lipinski definition) is 1. The van der Waals surface area contributed by atoms with Gasteiger partial charge in [-0.25, -0.2) is 0 Å². The van der Waals surface area contributed by atoms with Gasteiger partial charge in [0.1, 0.15) is 5.75 Å². The molecule has 1 aliphatic heterocycles. The SMILES string of the molecule is Cc1ccccc1N1CCN(CC(=O)Nc2ccccc2Oc2ccccc2)CC1. The van der Waals surface area contributed by atoms with Crippen LogP contribution in [0.1, 0.15) is 5.56 Å². The van der Waals surface area contributed by atoms with Gasteiger partial charge in [0.25, 0.3) is 0 Å². The van der Waals surface area contributed by atoms with Gasteiger partial charge in [-0.3, -0.25) is 9.69 Å². The summed E-state index contributed by atoms with van der Waals surface area (Å²) in [6.45, 7) is 6.09. The number of benzene rings is 3. The minimum absolute atomic E-state index is 0.0246. The second-order valence-electron chi connectivity index (χ2n) is 7.51. The van der Waals surface area contributed by atoms with E-state index in [1.807, 2.05) is 54.6 Å². The van der Waals surface area contributed by atoms with Crippen molar-refractivity contribution >= 4 is 17.3 Å². The van der Waals surface area contributed by atoms with Crippen molar-refractivity contribution in [2.75, 3.05) is 42.9 Å². The summed E-state index contributed by atoms with van der Waals surface area (Å²) in [4.78, 5) is 17.3. The van der Waals surface area contributed by atoms with Gasteiger partial charge < -0.3 is 15.0 Å². The lowest BCUT2D eigenvalue weighted by atomic mass is 10.1. The molecule has 154 valence electrons. The first-order valence-electron chi connectivity index (χ1n) is 10.3. The summed E-state index contributed by atoms with van der Waals surface area (Å²) >= 11 is 0. The van der Waals surface area contributed by atoms with Crippen LogP contribution < -0.4 is 15.0 Å². The second-order valence-corrected chi connectivity index (χ2v) is 7.51. The molecule has 4 rings (SSSR count). The number of hydrogen-bond acceptors (Lipinski definition) is 4. The fourth-order valence-electron chi connectivity index (χ4n) is 3.73. The van der Waals surface area contributed by atoms with Crippen LogP contribution in [0.15, 0.2) is 78.9 Å². The summed E-state index contributed by atoms with van der Waals surface area (Å²) in [5.74, 6) is 1.36. The van der Waals surface area contributed by atoms with Crippen LogP contribution in [0.25, 0.3) is 0 Å². The number of rotatable bonds is 6. The van der Waals surface area contributed by atoms with Gasteiger partial charge in [0.2, 0.25) is 5.91 Å². The molecule has 1 N–H and O–H groups in total. The van der Waals surface area contributed by atoms with Crippen molar-refractivity contribution in [3.8, 4) is 11.5 Å². The molecular formula is C25H27N3O2. The second kappa shape index (κ2) is 9.46. The Kier molecular flexibility index (Phi) is 6.30. The van der Waals surface area contributed by atoms with Gasteiger partial charge in [0.15, 0.2) is 5.75 Å². The highest BCUT2D eigenvalue weighted by molar-refractivity contribution is 5.93. The van der Waals surface area contributed by atoms with Crippen molar-refractivity contribution in [3.05, 3.63) is 84.4 Å². The lowest BCUT2D eigenvalue weighted by molar-refractivity contribution is -0.117. The van der Waals surface area contributed by atoms with Crippen LogP contribution in [-0.4, -0.2) is 43.5 Å². The third kappa shape index (κ3) is 4.99. The van der Waals surface area contributed by atoms with E-state index in [1.54, 1.807) is 0 Å². The first kappa shape index (κ1) is 20.0. The Morgan fingerprint density at radius 3 is 2.30 bits per heavy atom. The summed E-state index contributed by atoms with van der Waals surface area (Å²) in [7, 11) is 0. The van der Waals surface area contributed by atoms with Crippen LogP contribution >= 0.6 is 0 Å². The number of anilines is 2. The van der Waals surface area contributed by atoms with Crippen LogP contribution in [0.5, 0.6) is 11.5 Å². The third-order valence-electron chi connectivity index (χ3n) is 5.33. The van der Waals surface area contributed by atoms with Crippen LogP contribution in [0.2, 0.25) is 0 Å². The zero-order valence-electron chi connectivity index (χ0n) is 17.3.